The lowest BCUT2D eigenvalue weighted by atomic mass is 10.0. The SMILES string of the molecule is CCCCC(C)C1N=NNN1C. The van der Waals surface area contributed by atoms with Gasteiger partial charge in [-0.2, -0.15) is 5.01 Å². The van der Waals surface area contributed by atoms with Crippen LogP contribution in [0.4, 0.5) is 0 Å². The van der Waals surface area contributed by atoms with Gasteiger partial charge < -0.3 is 0 Å². The van der Waals surface area contributed by atoms with E-state index >= 15 is 0 Å². The maximum absolute atomic E-state index is 4.11. The summed E-state index contributed by atoms with van der Waals surface area (Å²) in [5.41, 5.74) is 2.82. The van der Waals surface area contributed by atoms with Crippen LogP contribution in [0.15, 0.2) is 10.3 Å². The van der Waals surface area contributed by atoms with Gasteiger partial charge in [0.1, 0.15) is 6.17 Å². The average Bonchev–Trinajstić information content (AvgIpc) is 2.47. The first-order valence-electron chi connectivity index (χ1n) is 4.64. The highest BCUT2D eigenvalue weighted by Gasteiger charge is 2.24. The molecule has 0 spiro atoms. The third-order valence-electron chi connectivity index (χ3n) is 2.30. The van der Waals surface area contributed by atoms with Gasteiger partial charge in [-0.1, -0.05) is 31.9 Å². The van der Waals surface area contributed by atoms with E-state index in [0.717, 1.165) is 0 Å². The van der Waals surface area contributed by atoms with Gasteiger partial charge in [0.15, 0.2) is 0 Å². The van der Waals surface area contributed by atoms with Crippen LogP contribution in [0, 0.1) is 5.92 Å². The summed E-state index contributed by atoms with van der Waals surface area (Å²) in [6.07, 6.45) is 4.00. The Morgan fingerprint density at radius 3 is 2.83 bits per heavy atom. The van der Waals surface area contributed by atoms with Crippen LogP contribution in [0.5, 0.6) is 0 Å². The van der Waals surface area contributed by atoms with Crippen molar-refractivity contribution in [2.45, 2.75) is 39.3 Å². The second kappa shape index (κ2) is 4.40. The van der Waals surface area contributed by atoms with E-state index in [2.05, 4.69) is 29.7 Å². The van der Waals surface area contributed by atoms with Gasteiger partial charge in [0.25, 0.3) is 0 Å². The molecule has 1 aliphatic heterocycles. The lowest BCUT2D eigenvalue weighted by Gasteiger charge is -2.21. The van der Waals surface area contributed by atoms with E-state index in [1.807, 2.05) is 12.1 Å². The number of hydrogen-bond acceptors (Lipinski definition) is 4. The lowest BCUT2D eigenvalue weighted by Crippen LogP contribution is -2.37. The third-order valence-corrected chi connectivity index (χ3v) is 2.30. The quantitative estimate of drug-likeness (QED) is 0.700. The zero-order valence-corrected chi connectivity index (χ0v) is 8.12. The first-order chi connectivity index (χ1) is 5.75. The van der Waals surface area contributed by atoms with E-state index < -0.39 is 0 Å². The Kier molecular flexibility index (Phi) is 3.47. The summed E-state index contributed by atoms with van der Waals surface area (Å²) >= 11 is 0. The number of rotatable bonds is 4. The maximum Gasteiger partial charge on any atom is 0.146 e. The Morgan fingerprint density at radius 1 is 1.58 bits per heavy atom. The van der Waals surface area contributed by atoms with Gasteiger partial charge in [-0.25, -0.2) is 5.53 Å². The zero-order chi connectivity index (χ0) is 8.97. The number of nitrogens with zero attached hydrogens (tertiary/aromatic N) is 3. The van der Waals surface area contributed by atoms with Gasteiger partial charge >= 0.3 is 0 Å². The first-order valence-corrected chi connectivity index (χ1v) is 4.64. The predicted octanol–water partition coefficient (Wildman–Crippen LogP) is 1.96. The van der Waals surface area contributed by atoms with Crippen LogP contribution in [0.1, 0.15) is 33.1 Å². The molecule has 2 unspecified atom stereocenters. The molecule has 0 amide bonds. The zero-order valence-electron chi connectivity index (χ0n) is 8.12. The molecule has 1 N–H and O–H groups in total. The van der Waals surface area contributed by atoms with Crippen molar-refractivity contribution in [1.82, 2.24) is 10.5 Å². The van der Waals surface area contributed by atoms with E-state index in [1.165, 1.54) is 19.3 Å². The second-order valence-electron chi connectivity index (χ2n) is 3.46. The van der Waals surface area contributed by atoms with Gasteiger partial charge in [0, 0.05) is 7.05 Å². The van der Waals surface area contributed by atoms with Crippen molar-refractivity contribution in [3.63, 3.8) is 0 Å². The smallest absolute Gasteiger partial charge is 0.146 e. The fraction of sp³-hybridized carbons (Fsp3) is 1.00. The molecule has 0 aromatic rings. The Balaban J connectivity index is 2.30. The molecule has 0 fully saturated rings. The molecule has 0 saturated carbocycles. The van der Waals surface area contributed by atoms with Crippen LogP contribution >= 0.6 is 0 Å². The number of hydrazine groups is 1. The van der Waals surface area contributed by atoms with Crippen LogP contribution in [0.3, 0.4) is 0 Å². The highest BCUT2D eigenvalue weighted by Crippen LogP contribution is 2.19. The van der Waals surface area contributed by atoms with Gasteiger partial charge in [-0.3, -0.25) is 0 Å². The molecule has 0 saturated heterocycles. The van der Waals surface area contributed by atoms with Gasteiger partial charge in [-0.15, -0.1) is 5.11 Å². The van der Waals surface area contributed by atoms with E-state index in [1.54, 1.807) is 0 Å². The number of nitrogens with one attached hydrogen (secondary N) is 1. The van der Waals surface area contributed by atoms with Crippen molar-refractivity contribution in [3.05, 3.63) is 0 Å². The van der Waals surface area contributed by atoms with Crippen molar-refractivity contribution in [3.8, 4) is 0 Å². The molecule has 1 heterocycles. The van der Waals surface area contributed by atoms with Crippen molar-refractivity contribution in [1.29, 1.82) is 0 Å². The monoisotopic (exact) mass is 170 g/mol. The molecule has 1 aliphatic rings. The molecule has 4 nitrogen and oxygen atoms in total. The van der Waals surface area contributed by atoms with Gasteiger partial charge in [0.2, 0.25) is 0 Å². The molecule has 0 aromatic carbocycles. The van der Waals surface area contributed by atoms with Crippen molar-refractivity contribution in [2.75, 3.05) is 7.05 Å². The number of unbranched alkanes of at least 4 members (excludes halogenated alkanes) is 1. The Labute approximate surface area is 74.0 Å². The highest BCUT2D eigenvalue weighted by molar-refractivity contribution is 4.71. The minimum absolute atomic E-state index is 0.233. The summed E-state index contributed by atoms with van der Waals surface area (Å²) in [4.78, 5) is 0. The lowest BCUT2D eigenvalue weighted by molar-refractivity contribution is 0.165. The van der Waals surface area contributed by atoms with Crippen LogP contribution in [0.2, 0.25) is 0 Å². The minimum Gasteiger partial charge on any atom is -0.220 e. The summed E-state index contributed by atoms with van der Waals surface area (Å²) in [6.45, 7) is 4.44. The van der Waals surface area contributed by atoms with E-state index in [-0.39, 0.29) is 6.17 Å². The van der Waals surface area contributed by atoms with Crippen LogP contribution in [0.25, 0.3) is 0 Å². The molecular formula is C8H18N4. The van der Waals surface area contributed by atoms with Crippen LogP contribution in [-0.4, -0.2) is 18.2 Å². The molecule has 1 rings (SSSR count). The minimum atomic E-state index is 0.233. The van der Waals surface area contributed by atoms with Gasteiger partial charge in [-0.05, 0) is 12.3 Å². The van der Waals surface area contributed by atoms with Gasteiger partial charge in [0.05, 0.1) is 0 Å². The normalized spacial score (nSPS) is 25.8. The fourth-order valence-electron chi connectivity index (χ4n) is 1.46. The van der Waals surface area contributed by atoms with E-state index in [9.17, 15) is 0 Å². The molecule has 2 atom stereocenters. The topological polar surface area (TPSA) is 40.0 Å². The summed E-state index contributed by atoms with van der Waals surface area (Å²) in [7, 11) is 1.98. The average molecular weight is 170 g/mol. The largest absolute Gasteiger partial charge is 0.220 e. The molecule has 0 radical (unpaired) electrons. The maximum atomic E-state index is 4.11. The molecule has 70 valence electrons. The summed E-state index contributed by atoms with van der Waals surface area (Å²) in [6, 6.07) is 0. The Bertz CT molecular complexity index is 157. The standard InChI is InChI=1S/C8H18N4/c1-4-5-6-7(2)8-9-10-11-12(8)3/h7-8H,4-6H2,1-3H3,(H,9,11). The first kappa shape index (κ1) is 9.45. The molecule has 0 aromatic heterocycles. The molecular weight excluding hydrogens is 152 g/mol. The van der Waals surface area contributed by atoms with E-state index in [4.69, 9.17) is 0 Å². The highest BCUT2D eigenvalue weighted by atomic mass is 15.8. The predicted molar refractivity (Wildman–Crippen MR) is 48.2 cm³/mol. The summed E-state index contributed by atoms with van der Waals surface area (Å²) < 4.78 is 0. The molecule has 12 heavy (non-hydrogen) atoms. The molecule has 0 bridgehead atoms. The Morgan fingerprint density at radius 2 is 2.33 bits per heavy atom. The number of hydrogen-bond donors (Lipinski definition) is 1. The van der Waals surface area contributed by atoms with E-state index in [0.29, 0.717) is 5.92 Å². The third kappa shape index (κ3) is 2.17. The molecule has 0 aliphatic carbocycles. The van der Waals surface area contributed by atoms with Crippen LogP contribution in [-0.2, 0) is 0 Å². The van der Waals surface area contributed by atoms with Crippen LogP contribution < -0.4 is 5.53 Å². The van der Waals surface area contributed by atoms with Crippen molar-refractivity contribution in [2.24, 2.45) is 16.3 Å². The molecule has 4 heteroatoms. The van der Waals surface area contributed by atoms with Crippen molar-refractivity contribution >= 4 is 0 Å². The second-order valence-corrected chi connectivity index (χ2v) is 3.46. The summed E-state index contributed by atoms with van der Waals surface area (Å²) in [5, 5.41) is 9.84. The summed E-state index contributed by atoms with van der Waals surface area (Å²) in [5.74, 6) is 0.591. The van der Waals surface area contributed by atoms with Crippen molar-refractivity contribution < 1.29 is 0 Å². The Hall–Kier alpha value is -0.640. The fourth-order valence-corrected chi connectivity index (χ4v) is 1.46.